The standard InChI is InChI=1S/C15H18O2/c1-13(12-15(16)17-2)8-6-7-11-14-9-4-3-5-10-14/h3-5,9-10,13H,6,8,12H2,1-2H3. The van der Waals surface area contributed by atoms with E-state index in [-0.39, 0.29) is 5.97 Å². The van der Waals surface area contributed by atoms with Crippen LogP contribution in [0.3, 0.4) is 0 Å². The van der Waals surface area contributed by atoms with Gasteiger partial charge in [-0.3, -0.25) is 4.79 Å². The monoisotopic (exact) mass is 230 g/mol. The predicted molar refractivity (Wildman–Crippen MR) is 68.4 cm³/mol. The lowest BCUT2D eigenvalue weighted by Gasteiger charge is -2.06. The van der Waals surface area contributed by atoms with Crippen molar-refractivity contribution in [3.8, 4) is 11.8 Å². The fourth-order valence-corrected chi connectivity index (χ4v) is 1.47. The first-order valence-electron chi connectivity index (χ1n) is 5.83. The quantitative estimate of drug-likeness (QED) is 0.587. The van der Waals surface area contributed by atoms with E-state index in [0.29, 0.717) is 12.3 Å². The molecule has 1 unspecified atom stereocenters. The van der Waals surface area contributed by atoms with Gasteiger partial charge in [0, 0.05) is 18.4 Å². The number of esters is 1. The van der Waals surface area contributed by atoms with Crippen LogP contribution in [0.4, 0.5) is 0 Å². The maximum absolute atomic E-state index is 11.0. The van der Waals surface area contributed by atoms with Crippen LogP contribution in [0.15, 0.2) is 30.3 Å². The van der Waals surface area contributed by atoms with Crippen molar-refractivity contribution in [2.75, 3.05) is 7.11 Å². The van der Waals surface area contributed by atoms with Crippen molar-refractivity contribution < 1.29 is 9.53 Å². The summed E-state index contributed by atoms with van der Waals surface area (Å²) < 4.78 is 4.62. The largest absolute Gasteiger partial charge is 0.469 e. The molecule has 0 aliphatic carbocycles. The van der Waals surface area contributed by atoms with E-state index in [0.717, 1.165) is 18.4 Å². The van der Waals surface area contributed by atoms with Crippen molar-refractivity contribution in [3.63, 3.8) is 0 Å². The lowest BCUT2D eigenvalue weighted by molar-refractivity contribution is -0.141. The van der Waals surface area contributed by atoms with Crippen LogP contribution in [-0.4, -0.2) is 13.1 Å². The molecule has 0 spiro atoms. The molecule has 0 saturated carbocycles. The third kappa shape index (κ3) is 5.77. The van der Waals surface area contributed by atoms with Crippen LogP contribution < -0.4 is 0 Å². The minimum atomic E-state index is -0.145. The van der Waals surface area contributed by atoms with E-state index in [1.807, 2.05) is 37.3 Å². The second-order valence-electron chi connectivity index (χ2n) is 4.09. The molecule has 0 amide bonds. The molecular weight excluding hydrogens is 212 g/mol. The lowest BCUT2D eigenvalue weighted by atomic mass is 10.0. The average molecular weight is 230 g/mol. The molecule has 1 aromatic rings. The average Bonchev–Trinajstić information content (AvgIpc) is 2.36. The van der Waals surface area contributed by atoms with E-state index in [4.69, 9.17) is 0 Å². The first-order chi connectivity index (χ1) is 8.22. The minimum Gasteiger partial charge on any atom is -0.469 e. The summed E-state index contributed by atoms with van der Waals surface area (Å²) in [6, 6.07) is 9.91. The SMILES string of the molecule is COC(=O)CC(C)CCC#Cc1ccccc1. The molecule has 2 nitrogen and oxygen atoms in total. The van der Waals surface area contributed by atoms with Crippen LogP contribution in [0, 0.1) is 17.8 Å². The van der Waals surface area contributed by atoms with E-state index in [1.54, 1.807) is 0 Å². The third-order valence-electron chi connectivity index (χ3n) is 2.51. The second-order valence-corrected chi connectivity index (χ2v) is 4.09. The summed E-state index contributed by atoms with van der Waals surface area (Å²) in [4.78, 5) is 11.0. The number of rotatable bonds is 4. The van der Waals surface area contributed by atoms with Gasteiger partial charge in [0.05, 0.1) is 7.11 Å². The second kappa shape index (κ2) is 7.51. The molecule has 0 radical (unpaired) electrons. The highest BCUT2D eigenvalue weighted by atomic mass is 16.5. The summed E-state index contributed by atoms with van der Waals surface area (Å²) in [5, 5.41) is 0. The van der Waals surface area contributed by atoms with Crippen molar-refractivity contribution in [2.24, 2.45) is 5.92 Å². The summed E-state index contributed by atoms with van der Waals surface area (Å²) in [6.07, 6.45) is 2.21. The van der Waals surface area contributed by atoms with Gasteiger partial charge >= 0.3 is 5.97 Å². The zero-order chi connectivity index (χ0) is 12.5. The van der Waals surface area contributed by atoms with Gasteiger partial charge in [0.2, 0.25) is 0 Å². The Balaban J connectivity index is 2.28. The van der Waals surface area contributed by atoms with Gasteiger partial charge in [0.25, 0.3) is 0 Å². The summed E-state index contributed by atoms with van der Waals surface area (Å²) in [6.45, 7) is 2.04. The molecule has 0 fully saturated rings. The Morgan fingerprint density at radius 1 is 1.35 bits per heavy atom. The van der Waals surface area contributed by atoms with Crippen molar-refractivity contribution in [3.05, 3.63) is 35.9 Å². The summed E-state index contributed by atoms with van der Waals surface area (Å²) in [5.74, 6) is 6.40. The van der Waals surface area contributed by atoms with Crippen LogP contribution in [0.1, 0.15) is 31.7 Å². The smallest absolute Gasteiger partial charge is 0.305 e. The minimum absolute atomic E-state index is 0.145. The number of benzene rings is 1. The Bertz CT molecular complexity index is 398. The maximum Gasteiger partial charge on any atom is 0.305 e. The number of methoxy groups -OCH3 is 1. The highest BCUT2D eigenvalue weighted by molar-refractivity contribution is 5.69. The number of hydrogen-bond donors (Lipinski definition) is 0. The molecule has 0 saturated heterocycles. The highest BCUT2D eigenvalue weighted by Crippen LogP contribution is 2.10. The summed E-state index contributed by atoms with van der Waals surface area (Å²) in [5.41, 5.74) is 1.04. The van der Waals surface area contributed by atoms with Crippen LogP contribution in [-0.2, 0) is 9.53 Å². The number of ether oxygens (including phenoxy) is 1. The molecule has 2 heteroatoms. The van der Waals surface area contributed by atoms with E-state index in [2.05, 4.69) is 16.6 Å². The third-order valence-corrected chi connectivity index (χ3v) is 2.51. The van der Waals surface area contributed by atoms with Crippen molar-refractivity contribution in [1.82, 2.24) is 0 Å². The molecule has 1 rings (SSSR count). The van der Waals surface area contributed by atoms with Gasteiger partial charge in [0.1, 0.15) is 0 Å². The first-order valence-corrected chi connectivity index (χ1v) is 5.83. The number of carbonyl (C=O) groups excluding carboxylic acids is 1. The Labute approximate surface area is 103 Å². The van der Waals surface area contributed by atoms with Gasteiger partial charge in [-0.05, 0) is 24.5 Å². The molecule has 90 valence electrons. The number of carbonyl (C=O) groups is 1. The van der Waals surface area contributed by atoms with Crippen molar-refractivity contribution in [1.29, 1.82) is 0 Å². The van der Waals surface area contributed by atoms with Crippen LogP contribution >= 0.6 is 0 Å². The van der Waals surface area contributed by atoms with Crippen LogP contribution in [0.25, 0.3) is 0 Å². The topological polar surface area (TPSA) is 26.3 Å². The zero-order valence-corrected chi connectivity index (χ0v) is 10.4. The molecule has 1 aromatic carbocycles. The molecule has 0 heterocycles. The van der Waals surface area contributed by atoms with Gasteiger partial charge in [-0.2, -0.15) is 0 Å². The fraction of sp³-hybridized carbons (Fsp3) is 0.400. The van der Waals surface area contributed by atoms with Crippen molar-refractivity contribution in [2.45, 2.75) is 26.2 Å². The fourth-order valence-electron chi connectivity index (χ4n) is 1.47. The van der Waals surface area contributed by atoms with Gasteiger partial charge in [-0.25, -0.2) is 0 Å². The van der Waals surface area contributed by atoms with Crippen LogP contribution in [0.2, 0.25) is 0 Å². The Morgan fingerprint density at radius 3 is 2.71 bits per heavy atom. The maximum atomic E-state index is 11.0. The highest BCUT2D eigenvalue weighted by Gasteiger charge is 2.07. The molecule has 0 aliphatic rings. The van der Waals surface area contributed by atoms with Gasteiger partial charge in [-0.1, -0.05) is 37.0 Å². The Kier molecular flexibility index (Phi) is 5.88. The van der Waals surface area contributed by atoms with Crippen LogP contribution in [0.5, 0.6) is 0 Å². The van der Waals surface area contributed by atoms with E-state index in [9.17, 15) is 4.79 Å². The first kappa shape index (κ1) is 13.3. The van der Waals surface area contributed by atoms with E-state index >= 15 is 0 Å². The van der Waals surface area contributed by atoms with Crippen molar-refractivity contribution >= 4 is 5.97 Å². The van der Waals surface area contributed by atoms with Gasteiger partial charge in [0.15, 0.2) is 0 Å². The lowest BCUT2D eigenvalue weighted by Crippen LogP contribution is -2.06. The summed E-state index contributed by atoms with van der Waals surface area (Å²) in [7, 11) is 1.42. The van der Waals surface area contributed by atoms with Gasteiger partial charge in [-0.15, -0.1) is 0 Å². The number of hydrogen-bond acceptors (Lipinski definition) is 2. The molecule has 17 heavy (non-hydrogen) atoms. The molecule has 0 bridgehead atoms. The molecule has 0 aromatic heterocycles. The summed E-state index contributed by atoms with van der Waals surface area (Å²) >= 11 is 0. The van der Waals surface area contributed by atoms with E-state index in [1.165, 1.54) is 7.11 Å². The van der Waals surface area contributed by atoms with Gasteiger partial charge < -0.3 is 4.74 Å². The molecule has 0 N–H and O–H groups in total. The molecular formula is C15H18O2. The normalized spacial score (nSPS) is 11.2. The Hall–Kier alpha value is -1.75. The predicted octanol–water partition coefficient (Wildman–Crippen LogP) is 3.02. The Morgan fingerprint density at radius 2 is 2.06 bits per heavy atom. The molecule has 1 atom stereocenters. The van der Waals surface area contributed by atoms with E-state index < -0.39 is 0 Å². The molecule has 0 aliphatic heterocycles. The zero-order valence-electron chi connectivity index (χ0n) is 10.4.